The second kappa shape index (κ2) is 7.98. The van der Waals surface area contributed by atoms with Crippen molar-refractivity contribution in [3.63, 3.8) is 0 Å². The van der Waals surface area contributed by atoms with E-state index in [1.54, 1.807) is 7.11 Å². The number of nitrogens with two attached hydrogens (primary N) is 1. The summed E-state index contributed by atoms with van der Waals surface area (Å²) in [5.74, 6) is 0. The summed E-state index contributed by atoms with van der Waals surface area (Å²) >= 11 is 0. The smallest absolute Gasteiger partial charge is 0.0599 e. The molecule has 1 aliphatic rings. The van der Waals surface area contributed by atoms with Gasteiger partial charge in [-0.1, -0.05) is 0 Å². The van der Waals surface area contributed by atoms with Crippen LogP contribution in [-0.2, 0) is 11.3 Å². The van der Waals surface area contributed by atoms with Crippen LogP contribution in [0.4, 0.5) is 0 Å². The summed E-state index contributed by atoms with van der Waals surface area (Å²) < 4.78 is 7.47. The summed E-state index contributed by atoms with van der Waals surface area (Å²) in [6.07, 6.45) is 6.59. The number of likely N-dealkylation sites (tertiary alicyclic amines) is 1. The molecule has 2 heterocycles. The second-order valence-electron chi connectivity index (χ2n) is 5.66. The zero-order chi connectivity index (χ0) is 13.8. The molecule has 0 aliphatic carbocycles. The van der Waals surface area contributed by atoms with Crippen LogP contribution in [0.1, 0.15) is 38.3 Å². The molecule has 0 amide bonds. The summed E-state index contributed by atoms with van der Waals surface area (Å²) in [7, 11) is 1.79. The highest BCUT2D eigenvalue weighted by molar-refractivity contribution is 5.85. The van der Waals surface area contributed by atoms with E-state index in [1.165, 1.54) is 5.56 Å². The molecule has 2 N–H and O–H groups in total. The maximum absolute atomic E-state index is 5.90. The summed E-state index contributed by atoms with van der Waals surface area (Å²) in [6.45, 7) is 6.96. The fraction of sp³-hybridized carbons (Fsp3) is 0.786. The Hall–Kier alpha value is -0.620. The van der Waals surface area contributed by atoms with E-state index in [2.05, 4.69) is 30.0 Å². The Balaban J connectivity index is 0.00000200. The molecule has 1 aliphatic heterocycles. The Morgan fingerprint density at radius 1 is 1.50 bits per heavy atom. The van der Waals surface area contributed by atoms with Crippen LogP contribution in [0.15, 0.2) is 12.4 Å². The molecule has 2 rings (SSSR count). The maximum atomic E-state index is 5.90. The molecule has 1 fully saturated rings. The number of methoxy groups -OCH3 is 1. The van der Waals surface area contributed by atoms with E-state index >= 15 is 0 Å². The number of ether oxygens (including phenoxy) is 1. The largest absolute Gasteiger partial charge is 0.381 e. The van der Waals surface area contributed by atoms with Gasteiger partial charge in [0.05, 0.1) is 12.3 Å². The van der Waals surface area contributed by atoms with E-state index in [-0.39, 0.29) is 12.4 Å². The molecule has 0 aromatic carbocycles. The Labute approximate surface area is 127 Å². The Morgan fingerprint density at radius 3 is 2.80 bits per heavy atom. The van der Waals surface area contributed by atoms with Crippen LogP contribution in [0.2, 0.25) is 0 Å². The summed E-state index contributed by atoms with van der Waals surface area (Å²) in [6, 6.07) is 0.833. The van der Waals surface area contributed by atoms with E-state index in [9.17, 15) is 0 Å². The average Bonchev–Trinajstić information content (AvgIpc) is 2.88. The molecule has 0 saturated carbocycles. The molecule has 1 aromatic rings. The third-order valence-electron chi connectivity index (χ3n) is 3.96. The van der Waals surface area contributed by atoms with Gasteiger partial charge in [0.15, 0.2) is 0 Å². The average molecular weight is 303 g/mol. The van der Waals surface area contributed by atoms with Crippen molar-refractivity contribution in [2.45, 2.75) is 51.4 Å². The quantitative estimate of drug-likeness (QED) is 0.901. The molecule has 0 spiro atoms. The van der Waals surface area contributed by atoms with Gasteiger partial charge >= 0.3 is 0 Å². The molecule has 0 bridgehead atoms. The predicted molar refractivity (Wildman–Crippen MR) is 83.1 cm³/mol. The third kappa shape index (κ3) is 4.19. The summed E-state index contributed by atoms with van der Waals surface area (Å²) in [5.41, 5.74) is 7.17. The molecular formula is C14H27ClN4O. The van der Waals surface area contributed by atoms with Crippen LogP contribution in [0, 0.1) is 0 Å². The number of aromatic nitrogens is 2. The van der Waals surface area contributed by atoms with E-state index in [4.69, 9.17) is 10.5 Å². The van der Waals surface area contributed by atoms with Gasteiger partial charge in [0.2, 0.25) is 0 Å². The van der Waals surface area contributed by atoms with Crippen LogP contribution < -0.4 is 5.73 Å². The van der Waals surface area contributed by atoms with Crippen molar-refractivity contribution < 1.29 is 4.74 Å². The zero-order valence-corrected chi connectivity index (χ0v) is 13.5. The first-order valence-electron chi connectivity index (χ1n) is 7.14. The van der Waals surface area contributed by atoms with Crippen molar-refractivity contribution in [1.82, 2.24) is 14.7 Å². The predicted octanol–water partition coefficient (Wildman–Crippen LogP) is 1.82. The number of hydrogen-bond acceptors (Lipinski definition) is 4. The first kappa shape index (κ1) is 17.4. The number of rotatable bonds is 5. The van der Waals surface area contributed by atoms with Gasteiger partial charge in [-0.25, -0.2) is 0 Å². The normalized spacial score (nSPS) is 23.9. The molecule has 6 heteroatoms. The zero-order valence-electron chi connectivity index (χ0n) is 12.7. The molecule has 5 nitrogen and oxygen atoms in total. The monoisotopic (exact) mass is 302 g/mol. The lowest BCUT2D eigenvalue weighted by Crippen LogP contribution is -2.47. The first-order valence-corrected chi connectivity index (χ1v) is 7.14. The van der Waals surface area contributed by atoms with E-state index in [0.717, 1.165) is 25.9 Å². The van der Waals surface area contributed by atoms with Crippen molar-refractivity contribution in [2.24, 2.45) is 5.73 Å². The standard InChI is InChI=1S/C14H26N4O.ClH/c1-11(2)18-10-12(8-16-18)9-17-5-4-14(19-3)6-13(17)7-15;/h8,10-11,13-14H,4-7,9,15H2,1-3H3;1H. The lowest BCUT2D eigenvalue weighted by atomic mass is 9.99. The van der Waals surface area contributed by atoms with E-state index in [0.29, 0.717) is 24.7 Å². The SMILES string of the molecule is COC1CCN(Cc2cnn(C(C)C)c2)C(CN)C1.Cl. The Morgan fingerprint density at radius 2 is 2.25 bits per heavy atom. The van der Waals surface area contributed by atoms with Gasteiger partial charge < -0.3 is 10.5 Å². The molecule has 116 valence electrons. The van der Waals surface area contributed by atoms with Crippen molar-refractivity contribution in [3.8, 4) is 0 Å². The lowest BCUT2D eigenvalue weighted by Gasteiger charge is -2.38. The highest BCUT2D eigenvalue weighted by Crippen LogP contribution is 2.21. The Bertz CT molecular complexity index is 396. The highest BCUT2D eigenvalue weighted by atomic mass is 35.5. The molecule has 0 radical (unpaired) electrons. The lowest BCUT2D eigenvalue weighted by molar-refractivity contribution is 0.0102. The summed E-state index contributed by atoms with van der Waals surface area (Å²) in [5, 5.41) is 4.40. The molecule has 1 aromatic heterocycles. The maximum Gasteiger partial charge on any atom is 0.0599 e. The van der Waals surface area contributed by atoms with Crippen molar-refractivity contribution in [2.75, 3.05) is 20.2 Å². The van der Waals surface area contributed by atoms with Crippen LogP contribution in [-0.4, -0.2) is 47.0 Å². The minimum atomic E-state index is 0. The van der Waals surface area contributed by atoms with Crippen molar-refractivity contribution >= 4 is 12.4 Å². The fourth-order valence-corrected chi connectivity index (χ4v) is 2.71. The van der Waals surface area contributed by atoms with Gasteiger partial charge in [0, 0.05) is 50.6 Å². The first-order chi connectivity index (χ1) is 9.13. The van der Waals surface area contributed by atoms with Crippen molar-refractivity contribution in [1.29, 1.82) is 0 Å². The second-order valence-corrected chi connectivity index (χ2v) is 5.66. The van der Waals surface area contributed by atoms with Crippen LogP contribution in [0.25, 0.3) is 0 Å². The van der Waals surface area contributed by atoms with Crippen LogP contribution >= 0.6 is 12.4 Å². The number of nitrogens with zero attached hydrogens (tertiary/aromatic N) is 3. The number of halogens is 1. The molecule has 20 heavy (non-hydrogen) atoms. The molecule has 2 atom stereocenters. The van der Waals surface area contributed by atoms with Gasteiger partial charge in [-0.3, -0.25) is 9.58 Å². The van der Waals surface area contributed by atoms with E-state index in [1.807, 2.05) is 10.9 Å². The van der Waals surface area contributed by atoms with Crippen molar-refractivity contribution in [3.05, 3.63) is 18.0 Å². The number of piperidine rings is 1. The molecule has 1 saturated heterocycles. The Kier molecular flexibility index (Phi) is 6.95. The van der Waals surface area contributed by atoms with Crippen LogP contribution in [0.5, 0.6) is 0 Å². The van der Waals surface area contributed by atoms with Gasteiger partial charge in [0.1, 0.15) is 0 Å². The fourth-order valence-electron chi connectivity index (χ4n) is 2.71. The highest BCUT2D eigenvalue weighted by Gasteiger charge is 2.27. The minimum Gasteiger partial charge on any atom is -0.381 e. The third-order valence-corrected chi connectivity index (χ3v) is 3.96. The topological polar surface area (TPSA) is 56.3 Å². The van der Waals surface area contributed by atoms with Gasteiger partial charge in [-0.2, -0.15) is 5.10 Å². The van der Waals surface area contributed by atoms with Gasteiger partial charge in [0.25, 0.3) is 0 Å². The molecule has 2 unspecified atom stereocenters. The van der Waals surface area contributed by atoms with E-state index < -0.39 is 0 Å². The minimum absolute atomic E-state index is 0. The number of hydrogen-bond donors (Lipinski definition) is 1. The summed E-state index contributed by atoms with van der Waals surface area (Å²) in [4.78, 5) is 2.46. The van der Waals surface area contributed by atoms with Gasteiger partial charge in [-0.05, 0) is 26.7 Å². The van der Waals surface area contributed by atoms with Crippen LogP contribution in [0.3, 0.4) is 0 Å². The van der Waals surface area contributed by atoms with Gasteiger partial charge in [-0.15, -0.1) is 12.4 Å². The molecular weight excluding hydrogens is 276 g/mol.